The number of hydrogen-bond donors (Lipinski definition) is 1. The second-order valence-electron chi connectivity index (χ2n) is 6.77. The third-order valence-corrected chi connectivity index (χ3v) is 4.71. The van der Waals surface area contributed by atoms with E-state index in [-0.39, 0.29) is 5.56 Å². The second-order valence-corrected chi connectivity index (χ2v) is 6.77. The van der Waals surface area contributed by atoms with E-state index in [2.05, 4.69) is 10.3 Å². The van der Waals surface area contributed by atoms with Gasteiger partial charge in [-0.15, -0.1) is 0 Å². The summed E-state index contributed by atoms with van der Waals surface area (Å²) in [5.41, 5.74) is 1.47. The van der Waals surface area contributed by atoms with Gasteiger partial charge in [0, 0.05) is 23.9 Å². The second kappa shape index (κ2) is 7.67. The maximum Gasteiger partial charge on any atom is 0.277 e. The molecular formula is C21H15N5O5. The molecular weight excluding hydrogens is 402 g/mol. The van der Waals surface area contributed by atoms with Gasteiger partial charge in [0.15, 0.2) is 0 Å². The van der Waals surface area contributed by atoms with Crippen LogP contribution >= 0.6 is 0 Å². The molecule has 0 saturated carbocycles. The number of amides is 1. The maximum absolute atomic E-state index is 13.0. The number of nitrogens with zero attached hydrogens (tertiary/aromatic N) is 4. The molecule has 0 radical (unpaired) electrons. The lowest BCUT2D eigenvalue weighted by Gasteiger charge is -2.08. The highest BCUT2D eigenvalue weighted by molar-refractivity contribution is 6.06. The number of aromatic nitrogens is 2. The summed E-state index contributed by atoms with van der Waals surface area (Å²) in [6.45, 7) is 1.88. The number of benzene rings is 2. The normalized spacial score (nSPS) is 10.7. The average Bonchev–Trinajstić information content (AvgIpc) is 3.13. The summed E-state index contributed by atoms with van der Waals surface area (Å²) in [6.07, 6.45) is 1.73. The van der Waals surface area contributed by atoms with Gasteiger partial charge in [-0.1, -0.05) is 36.4 Å². The zero-order valence-corrected chi connectivity index (χ0v) is 16.2. The Morgan fingerprint density at radius 1 is 0.968 bits per heavy atom. The van der Waals surface area contributed by atoms with Crippen molar-refractivity contribution in [2.24, 2.45) is 0 Å². The van der Waals surface area contributed by atoms with E-state index < -0.39 is 27.1 Å². The Kier molecular flexibility index (Phi) is 4.88. The van der Waals surface area contributed by atoms with Crippen molar-refractivity contribution in [3.8, 4) is 11.3 Å². The smallest absolute Gasteiger partial charge is 0.277 e. The summed E-state index contributed by atoms with van der Waals surface area (Å²) in [5, 5.41) is 25.0. The van der Waals surface area contributed by atoms with Crippen molar-refractivity contribution in [1.29, 1.82) is 0 Å². The van der Waals surface area contributed by atoms with Crippen LogP contribution in [0, 0.1) is 27.2 Å². The summed E-state index contributed by atoms with van der Waals surface area (Å²) < 4.78 is 1.70. The first-order valence-electron chi connectivity index (χ1n) is 9.13. The number of imidazole rings is 1. The van der Waals surface area contributed by atoms with Crippen LogP contribution in [0.2, 0.25) is 0 Å². The first kappa shape index (κ1) is 19.7. The Morgan fingerprint density at radius 3 is 2.23 bits per heavy atom. The Morgan fingerprint density at radius 2 is 1.61 bits per heavy atom. The highest BCUT2D eigenvalue weighted by Crippen LogP contribution is 2.31. The molecule has 0 unspecified atom stereocenters. The standard InChI is InChI=1S/C21H15N5O5/c1-13-6-5-9-24-19(13)22-18(14-7-3-2-4-8-14)20(24)23-21(27)15-10-16(25(28)29)12-17(11-15)26(30)31/h2-12H,1H3,(H,23,27). The van der Waals surface area contributed by atoms with Gasteiger partial charge >= 0.3 is 0 Å². The number of fused-ring (bicyclic) bond motifs is 1. The zero-order chi connectivity index (χ0) is 22.1. The Bertz CT molecular complexity index is 1320. The van der Waals surface area contributed by atoms with Crippen LogP contribution in [0.3, 0.4) is 0 Å². The molecule has 10 heteroatoms. The molecule has 0 fully saturated rings. The molecule has 10 nitrogen and oxygen atoms in total. The van der Waals surface area contributed by atoms with E-state index in [9.17, 15) is 25.0 Å². The fourth-order valence-corrected chi connectivity index (χ4v) is 3.24. The van der Waals surface area contributed by atoms with Gasteiger partial charge < -0.3 is 5.32 Å². The molecule has 2 heterocycles. The van der Waals surface area contributed by atoms with Crippen LogP contribution in [0.25, 0.3) is 16.9 Å². The number of aryl methyl sites for hydroxylation is 1. The minimum absolute atomic E-state index is 0.206. The van der Waals surface area contributed by atoms with Crippen LogP contribution in [0.4, 0.5) is 17.2 Å². The molecule has 4 aromatic rings. The van der Waals surface area contributed by atoms with Crippen LogP contribution in [-0.2, 0) is 0 Å². The highest BCUT2D eigenvalue weighted by Gasteiger charge is 2.22. The van der Waals surface area contributed by atoms with Crippen molar-refractivity contribution in [3.05, 3.63) is 98.2 Å². The number of nitro benzene ring substituents is 2. The van der Waals surface area contributed by atoms with Gasteiger partial charge in [0.05, 0.1) is 21.5 Å². The van der Waals surface area contributed by atoms with Gasteiger partial charge in [0.1, 0.15) is 17.2 Å². The van der Waals surface area contributed by atoms with Crippen LogP contribution in [-0.4, -0.2) is 25.1 Å². The number of nitro groups is 2. The quantitative estimate of drug-likeness (QED) is 0.378. The third kappa shape index (κ3) is 3.69. The monoisotopic (exact) mass is 417 g/mol. The number of rotatable bonds is 5. The van der Waals surface area contributed by atoms with E-state index in [1.165, 1.54) is 0 Å². The lowest BCUT2D eigenvalue weighted by molar-refractivity contribution is -0.394. The highest BCUT2D eigenvalue weighted by atomic mass is 16.6. The summed E-state index contributed by atoms with van der Waals surface area (Å²) in [7, 11) is 0. The van der Waals surface area contributed by atoms with Crippen molar-refractivity contribution in [1.82, 2.24) is 9.38 Å². The average molecular weight is 417 g/mol. The predicted octanol–water partition coefficient (Wildman–Crippen LogP) is 4.38. The molecule has 0 atom stereocenters. The van der Waals surface area contributed by atoms with E-state index in [4.69, 9.17) is 0 Å². The number of hydrogen-bond acceptors (Lipinski definition) is 6. The van der Waals surface area contributed by atoms with Gasteiger partial charge in [0.2, 0.25) is 0 Å². The number of nitrogens with one attached hydrogen (secondary N) is 1. The lowest BCUT2D eigenvalue weighted by Crippen LogP contribution is -2.14. The van der Waals surface area contributed by atoms with E-state index in [0.29, 0.717) is 17.2 Å². The minimum atomic E-state index is -0.781. The summed E-state index contributed by atoms with van der Waals surface area (Å²) in [6, 6.07) is 15.7. The molecule has 4 rings (SSSR count). The van der Waals surface area contributed by atoms with E-state index >= 15 is 0 Å². The first-order chi connectivity index (χ1) is 14.8. The molecule has 1 amide bonds. The fraction of sp³-hybridized carbons (Fsp3) is 0.0476. The maximum atomic E-state index is 13.0. The molecule has 0 aliphatic heterocycles. The van der Waals surface area contributed by atoms with E-state index in [1.807, 2.05) is 43.3 Å². The first-order valence-corrected chi connectivity index (χ1v) is 9.13. The molecule has 0 aliphatic carbocycles. The van der Waals surface area contributed by atoms with Crippen LogP contribution < -0.4 is 5.32 Å². The summed E-state index contributed by atoms with van der Waals surface area (Å²) in [5.74, 6) is -0.378. The summed E-state index contributed by atoms with van der Waals surface area (Å²) in [4.78, 5) is 38.4. The molecule has 0 bridgehead atoms. The zero-order valence-electron chi connectivity index (χ0n) is 16.2. The predicted molar refractivity (Wildman–Crippen MR) is 113 cm³/mol. The van der Waals surface area contributed by atoms with Crippen LogP contribution in [0.1, 0.15) is 15.9 Å². The van der Waals surface area contributed by atoms with Crippen molar-refractivity contribution < 1.29 is 14.6 Å². The van der Waals surface area contributed by atoms with Gasteiger partial charge in [-0.25, -0.2) is 4.98 Å². The Hall–Kier alpha value is -4.60. The molecule has 2 aromatic carbocycles. The Balaban J connectivity index is 1.84. The number of pyridine rings is 1. The van der Waals surface area contributed by atoms with Crippen LogP contribution in [0.5, 0.6) is 0 Å². The molecule has 1 N–H and O–H groups in total. The molecule has 0 spiro atoms. The summed E-state index contributed by atoms with van der Waals surface area (Å²) >= 11 is 0. The number of carbonyl (C=O) groups is 1. The van der Waals surface area contributed by atoms with Crippen molar-refractivity contribution >= 4 is 28.7 Å². The Labute approximate surface area is 175 Å². The SMILES string of the molecule is Cc1cccn2c(NC(=O)c3cc([N+](=O)[O-])cc([N+](=O)[O-])c3)c(-c3ccccc3)nc12. The van der Waals surface area contributed by atoms with E-state index in [1.54, 1.807) is 16.7 Å². The van der Waals surface area contributed by atoms with Crippen molar-refractivity contribution in [3.63, 3.8) is 0 Å². The third-order valence-electron chi connectivity index (χ3n) is 4.71. The fourth-order valence-electron chi connectivity index (χ4n) is 3.24. The molecule has 0 aliphatic rings. The van der Waals surface area contributed by atoms with E-state index in [0.717, 1.165) is 29.3 Å². The topological polar surface area (TPSA) is 133 Å². The number of carbonyl (C=O) groups excluding carboxylic acids is 1. The van der Waals surface area contributed by atoms with Gasteiger partial charge in [-0.05, 0) is 18.6 Å². The minimum Gasteiger partial charge on any atom is -0.306 e. The largest absolute Gasteiger partial charge is 0.306 e. The molecule has 31 heavy (non-hydrogen) atoms. The molecule has 154 valence electrons. The van der Waals surface area contributed by atoms with Gasteiger partial charge in [-0.2, -0.15) is 0 Å². The van der Waals surface area contributed by atoms with Crippen molar-refractivity contribution in [2.75, 3.05) is 5.32 Å². The molecule has 0 saturated heterocycles. The van der Waals surface area contributed by atoms with Gasteiger partial charge in [-0.3, -0.25) is 29.4 Å². The van der Waals surface area contributed by atoms with Crippen LogP contribution in [0.15, 0.2) is 66.9 Å². The van der Waals surface area contributed by atoms with Gasteiger partial charge in [0.25, 0.3) is 17.3 Å². The number of non-ortho nitro benzene ring substituents is 2. The lowest BCUT2D eigenvalue weighted by atomic mass is 10.1. The van der Waals surface area contributed by atoms with Crippen molar-refractivity contribution in [2.45, 2.75) is 6.92 Å². The molecule has 2 aromatic heterocycles. The number of anilines is 1.